The van der Waals surface area contributed by atoms with Crippen LogP contribution in [-0.4, -0.2) is 68.4 Å². The van der Waals surface area contributed by atoms with Crippen molar-refractivity contribution in [2.75, 3.05) is 39.5 Å². The van der Waals surface area contributed by atoms with Crippen LogP contribution >= 0.6 is 0 Å². The van der Waals surface area contributed by atoms with Crippen LogP contribution in [0.5, 0.6) is 0 Å². The molecule has 3 N–H and O–H groups in total. The number of amides is 1. The summed E-state index contributed by atoms with van der Waals surface area (Å²) in [5.41, 5.74) is 5.83. The van der Waals surface area contributed by atoms with Gasteiger partial charge in [-0.25, -0.2) is 0 Å². The second kappa shape index (κ2) is 5.75. The van der Waals surface area contributed by atoms with Crippen LogP contribution in [0.15, 0.2) is 0 Å². The summed E-state index contributed by atoms with van der Waals surface area (Å²) in [6.45, 7) is 4.38. The number of ether oxygens (including phenoxy) is 2. The van der Waals surface area contributed by atoms with Crippen molar-refractivity contribution in [3.63, 3.8) is 0 Å². The van der Waals surface area contributed by atoms with Crippen LogP contribution in [-0.2, 0) is 14.3 Å². The average Bonchev–Trinajstić information content (AvgIpc) is 3.03. The number of nitrogens with zero attached hydrogens (tertiary/aromatic N) is 1. The molecule has 6 nitrogen and oxygen atoms in total. The molecule has 3 aliphatic heterocycles. The summed E-state index contributed by atoms with van der Waals surface area (Å²) < 4.78 is 11.0. The van der Waals surface area contributed by atoms with E-state index < -0.39 is 0 Å². The lowest BCUT2D eigenvalue weighted by atomic mass is 10.0. The van der Waals surface area contributed by atoms with Crippen LogP contribution in [0.1, 0.15) is 12.8 Å². The Morgan fingerprint density at radius 1 is 1.37 bits per heavy atom. The first-order chi connectivity index (χ1) is 9.24. The van der Waals surface area contributed by atoms with Gasteiger partial charge < -0.3 is 20.5 Å². The zero-order valence-corrected chi connectivity index (χ0v) is 11.2. The fraction of sp³-hybridized carbons (Fsp3) is 0.923. The molecule has 0 radical (unpaired) electrons. The van der Waals surface area contributed by atoms with Crippen molar-refractivity contribution in [1.82, 2.24) is 10.2 Å². The minimum absolute atomic E-state index is 0.00264. The standard InChI is InChI=1S/C13H23N3O3/c14-12-8-18-7-11(12)13(17)15-4-10-5-16-3-1-2-9(16)6-19-10/h9-12H,1-8,14H2,(H,15,17). The van der Waals surface area contributed by atoms with E-state index in [0.29, 0.717) is 25.8 Å². The smallest absolute Gasteiger partial charge is 0.227 e. The maximum atomic E-state index is 12.0. The first-order valence-electron chi connectivity index (χ1n) is 7.20. The first kappa shape index (κ1) is 13.3. The quantitative estimate of drug-likeness (QED) is 0.683. The fourth-order valence-corrected chi connectivity index (χ4v) is 3.20. The van der Waals surface area contributed by atoms with Crippen molar-refractivity contribution in [3.05, 3.63) is 0 Å². The molecule has 0 aromatic carbocycles. The van der Waals surface area contributed by atoms with E-state index in [-0.39, 0.29) is 24.0 Å². The van der Waals surface area contributed by atoms with Crippen LogP contribution in [0.4, 0.5) is 0 Å². The molecule has 108 valence electrons. The summed E-state index contributed by atoms with van der Waals surface area (Å²) in [7, 11) is 0. The summed E-state index contributed by atoms with van der Waals surface area (Å²) in [5.74, 6) is -0.208. The van der Waals surface area contributed by atoms with Gasteiger partial charge in [0, 0.05) is 25.2 Å². The predicted molar refractivity (Wildman–Crippen MR) is 69.6 cm³/mol. The SMILES string of the molecule is NC1COCC1C(=O)NCC1CN2CCCC2CO1. The predicted octanol–water partition coefficient (Wildman–Crippen LogP) is -1.06. The van der Waals surface area contributed by atoms with E-state index in [9.17, 15) is 4.79 Å². The van der Waals surface area contributed by atoms with Crippen LogP contribution in [0.3, 0.4) is 0 Å². The Balaban J connectivity index is 1.43. The highest BCUT2D eigenvalue weighted by molar-refractivity contribution is 5.79. The van der Waals surface area contributed by atoms with Crippen molar-refractivity contribution in [2.45, 2.75) is 31.0 Å². The van der Waals surface area contributed by atoms with Crippen molar-refractivity contribution >= 4 is 5.91 Å². The van der Waals surface area contributed by atoms with Gasteiger partial charge in [-0.2, -0.15) is 0 Å². The van der Waals surface area contributed by atoms with E-state index in [4.69, 9.17) is 15.2 Å². The number of nitrogens with one attached hydrogen (secondary N) is 1. The Morgan fingerprint density at radius 3 is 3.05 bits per heavy atom. The van der Waals surface area contributed by atoms with Gasteiger partial charge in [0.1, 0.15) is 0 Å². The number of hydrogen-bond acceptors (Lipinski definition) is 5. The van der Waals surface area contributed by atoms with Crippen molar-refractivity contribution in [1.29, 1.82) is 0 Å². The number of carbonyl (C=O) groups is 1. The molecule has 3 aliphatic rings. The molecule has 0 aromatic rings. The van der Waals surface area contributed by atoms with Gasteiger partial charge in [0.15, 0.2) is 0 Å². The lowest BCUT2D eigenvalue weighted by molar-refractivity contribution is -0.126. The minimum atomic E-state index is -0.205. The number of hydrogen-bond donors (Lipinski definition) is 2. The summed E-state index contributed by atoms with van der Waals surface area (Å²) in [4.78, 5) is 14.5. The highest BCUT2D eigenvalue weighted by atomic mass is 16.5. The third-order valence-corrected chi connectivity index (χ3v) is 4.43. The van der Waals surface area contributed by atoms with Crippen LogP contribution < -0.4 is 11.1 Å². The third kappa shape index (κ3) is 2.91. The number of morpholine rings is 1. The molecular weight excluding hydrogens is 246 g/mol. The summed E-state index contributed by atoms with van der Waals surface area (Å²) in [6, 6.07) is 0.429. The number of rotatable bonds is 3. The maximum Gasteiger partial charge on any atom is 0.227 e. The van der Waals surface area contributed by atoms with E-state index in [1.165, 1.54) is 19.4 Å². The Bertz CT molecular complexity index is 339. The molecule has 0 spiro atoms. The van der Waals surface area contributed by atoms with Crippen molar-refractivity contribution in [2.24, 2.45) is 11.7 Å². The zero-order chi connectivity index (χ0) is 13.2. The molecule has 0 aliphatic carbocycles. The topological polar surface area (TPSA) is 76.8 Å². The number of fused-ring (bicyclic) bond motifs is 1. The normalized spacial score (nSPS) is 39.2. The molecule has 3 rings (SSSR count). The highest BCUT2D eigenvalue weighted by Gasteiger charge is 2.34. The van der Waals surface area contributed by atoms with Gasteiger partial charge in [0.25, 0.3) is 0 Å². The second-order valence-electron chi connectivity index (χ2n) is 5.80. The molecule has 0 bridgehead atoms. The molecular formula is C13H23N3O3. The molecule has 4 unspecified atom stereocenters. The highest BCUT2D eigenvalue weighted by Crippen LogP contribution is 2.22. The van der Waals surface area contributed by atoms with Gasteiger partial charge in [-0.1, -0.05) is 0 Å². The third-order valence-electron chi connectivity index (χ3n) is 4.43. The van der Waals surface area contributed by atoms with Gasteiger partial charge >= 0.3 is 0 Å². The van der Waals surface area contributed by atoms with E-state index in [1.54, 1.807) is 0 Å². The molecule has 0 saturated carbocycles. The van der Waals surface area contributed by atoms with Crippen LogP contribution in [0, 0.1) is 5.92 Å². The number of carbonyl (C=O) groups excluding carboxylic acids is 1. The second-order valence-corrected chi connectivity index (χ2v) is 5.80. The van der Waals surface area contributed by atoms with Crippen molar-refractivity contribution in [3.8, 4) is 0 Å². The van der Waals surface area contributed by atoms with Gasteiger partial charge in [0.05, 0.1) is 31.8 Å². The van der Waals surface area contributed by atoms with E-state index in [0.717, 1.165) is 13.2 Å². The Hall–Kier alpha value is -0.690. The largest absolute Gasteiger partial charge is 0.379 e. The molecule has 1 amide bonds. The fourth-order valence-electron chi connectivity index (χ4n) is 3.20. The van der Waals surface area contributed by atoms with E-state index in [1.807, 2.05) is 0 Å². The first-order valence-corrected chi connectivity index (χ1v) is 7.20. The lowest BCUT2D eigenvalue weighted by Crippen LogP contribution is -2.51. The number of nitrogens with two attached hydrogens (primary N) is 1. The monoisotopic (exact) mass is 269 g/mol. The summed E-state index contributed by atoms with van der Waals surface area (Å²) in [5, 5.41) is 2.95. The maximum absolute atomic E-state index is 12.0. The molecule has 0 aromatic heterocycles. The summed E-state index contributed by atoms with van der Waals surface area (Å²) >= 11 is 0. The lowest BCUT2D eigenvalue weighted by Gasteiger charge is -2.35. The van der Waals surface area contributed by atoms with Crippen LogP contribution in [0.25, 0.3) is 0 Å². The zero-order valence-electron chi connectivity index (χ0n) is 11.2. The van der Waals surface area contributed by atoms with Gasteiger partial charge in [-0.05, 0) is 19.4 Å². The average molecular weight is 269 g/mol. The van der Waals surface area contributed by atoms with Crippen molar-refractivity contribution < 1.29 is 14.3 Å². The Morgan fingerprint density at radius 2 is 2.26 bits per heavy atom. The minimum Gasteiger partial charge on any atom is -0.379 e. The Labute approximate surface area is 113 Å². The Kier molecular flexibility index (Phi) is 4.02. The summed E-state index contributed by atoms with van der Waals surface area (Å²) in [6.07, 6.45) is 2.62. The molecule has 19 heavy (non-hydrogen) atoms. The molecule has 3 fully saturated rings. The molecule has 3 heterocycles. The van der Waals surface area contributed by atoms with Gasteiger partial charge in [-0.3, -0.25) is 9.69 Å². The van der Waals surface area contributed by atoms with E-state index in [2.05, 4.69) is 10.2 Å². The molecule has 4 atom stereocenters. The molecule has 6 heteroatoms. The van der Waals surface area contributed by atoms with Gasteiger partial charge in [-0.15, -0.1) is 0 Å². The van der Waals surface area contributed by atoms with Crippen LogP contribution in [0.2, 0.25) is 0 Å². The molecule has 3 saturated heterocycles. The van der Waals surface area contributed by atoms with Gasteiger partial charge in [0.2, 0.25) is 5.91 Å². The van der Waals surface area contributed by atoms with E-state index >= 15 is 0 Å².